The number of ketones is 1. The fraction of sp³-hybridized carbons (Fsp3) is 0.273. The van der Waals surface area contributed by atoms with E-state index in [2.05, 4.69) is 0 Å². The predicted molar refractivity (Wildman–Crippen MR) is 109 cm³/mol. The van der Waals surface area contributed by atoms with Crippen LogP contribution in [0.25, 0.3) is 6.08 Å². The average Bonchev–Trinajstić information content (AvgIpc) is 2.72. The molecule has 0 N–H and O–H groups in total. The molecule has 0 aromatic heterocycles. The van der Waals surface area contributed by atoms with Gasteiger partial charge in [0.1, 0.15) is 30.1 Å². The zero-order chi connectivity index (χ0) is 21.7. The number of morpholine rings is 1. The van der Waals surface area contributed by atoms with Gasteiger partial charge in [0.05, 0.1) is 23.7 Å². The van der Waals surface area contributed by atoms with Crippen LogP contribution in [-0.2, 0) is 9.53 Å². The van der Waals surface area contributed by atoms with Gasteiger partial charge in [0, 0.05) is 18.2 Å². The summed E-state index contributed by atoms with van der Waals surface area (Å²) < 4.78 is 38.5. The average molecular weight is 436 g/mol. The van der Waals surface area contributed by atoms with Crippen LogP contribution >= 0.6 is 11.6 Å². The Kier molecular flexibility index (Phi) is 7.18. The minimum Gasteiger partial charge on any atom is -0.490 e. The number of hydrogen-bond acceptors (Lipinski definition) is 4. The van der Waals surface area contributed by atoms with Gasteiger partial charge >= 0.3 is 0 Å². The first kappa shape index (κ1) is 21.9. The number of rotatable bonds is 6. The number of benzene rings is 2. The molecule has 0 saturated carbocycles. The minimum absolute atomic E-state index is 0.0819. The second-order valence-electron chi connectivity index (χ2n) is 6.75. The Bertz CT molecular complexity index is 959. The zero-order valence-corrected chi connectivity index (χ0v) is 17.0. The molecular formula is C22H20ClF2NO4. The summed E-state index contributed by atoms with van der Waals surface area (Å²) in [6, 6.07) is 8.01. The van der Waals surface area contributed by atoms with E-state index >= 15 is 0 Å². The molecule has 1 atom stereocenters. The fourth-order valence-corrected chi connectivity index (χ4v) is 3.26. The molecule has 8 heteroatoms. The normalized spacial score (nSPS) is 16.7. The van der Waals surface area contributed by atoms with Gasteiger partial charge in [-0.15, -0.1) is 0 Å². The van der Waals surface area contributed by atoms with Crippen LogP contribution < -0.4 is 4.74 Å². The highest BCUT2D eigenvalue weighted by Crippen LogP contribution is 2.22. The lowest BCUT2D eigenvalue weighted by molar-refractivity contribution is -0.134. The minimum atomic E-state index is -0.528. The summed E-state index contributed by atoms with van der Waals surface area (Å²) in [4.78, 5) is 25.7. The van der Waals surface area contributed by atoms with Crippen molar-refractivity contribution >= 4 is 29.4 Å². The lowest BCUT2D eigenvalue weighted by atomic mass is 10.1. The molecule has 0 bridgehead atoms. The number of hydrogen-bond donors (Lipinski definition) is 0. The van der Waals surface area contributed by atoms with Crippen LogP contribution in [0.2, 0.25) is 5.02 Å². The van der Waals surface area contributed by atoms with Crippen LogP contribution in [0.5, 0.6) is 5.75 Å². The Hall–Kier alpha value is -2.77. The molecule has 3 rings (SSSR count). The van der Waals surface area contributed by atoms with E-state index in [1.165, 1.54) is 43.3 Å². The van der Waals surface area contributed by atoms with Gasteiger partial charge in [0.25, 0.3) is 0 Å². The summed E-state index contributed by atoms with van der Waals surface area (Å²) in [5.74, 6) is -1.41. The highest BCUT2D eigenvalue weighted by molar-refractivity contribution is 6.32. The Labute approximate surface area is 177 Å². The molecule has 5 nitrogen and oxygen atoms in total. The smallest absolute Gasteiger partial charge is 0.246 e. The van der Waals surface area contributed by atoms with Crippen molar-refractivity contribution < 1.29 is 27.8 Å². The topological polar surface area (TPSA) is 55.8 Å². The number of ether oxygens (including phenoxy) is 2. The summed E-state index contributed by atoms with van der Waals surface area (Å²) in [6.45, 7) is 2.34. The van der Waals surface area contributed by atoms with E-state index in [1.54, 1.807) is 11.0 Å². The maximum atomic E-state index is 13.8. The van der Waals surface area contributed by atoms with Gasteiger partial charge in [-0.3, -0.25) is 9.59 Å². The number of halogens is 3. The highest BCUT2D eigenvalue weighted by Gasteiger charge is 2.24. The van der Waals surface area contributed by atoms with E-state index in [-0.39, 0.29) is 46.7 Å². The largest absolute Gasteiger partial charge is 0.490 e. The third-order valence-corrected chi connectivity index (χ3v) is 4.92. The van der Waals surface area contributed by atoms with Crippen LogP contribution in [-0.4, -0.2) is 49.0 Å². The number of Topliss-reactive ketones (excluding diaryl/α,β-unsaturated/α-hetero) is 1. The van der Waals surface area contributed by atoms with E-state index in [4.69, 9.17) is 21.1 Å². The lowest BCUT2D eigenvalue weighted by Gasteiger charge is -2.32. The molecule has 0 aliphatic carbocycles. The Balaban J connectivity index is 1.61. The molecule has 1 aliphatic rings. The predicted octanol–water partition coefficient (Wildman–Crippen LogP) is 4.14. The maximum Gasteiger partial charge on any atom is 0.246 e. The molecule has 1 aliphatic heterocycles. The van der Waals surface area contributed by atoms with Crippen LogP contribution in [0.3, 0.4) is 0 Å². The standard InChI is InChI=1S/C22H20ClF2NO4/c1-14(27)18-11-15(24)5-7-21(18)30-13-16-12-26(9-10-29-16)22(28)8-6-17-19(23)3-2-4-20(17)25/h2-8,11,16H,9-10,12-13H2,1H3. The third kappa shape index (κ3) is 5.43. The second-order valence-corrected chi connectivity index (χ2v) is 7.16. The summed E-state index contributed by atoms with van der Waals surface area (Å²) in [5, 5.41) is 0.216. The number of nitrogens with zero attached hydrogens (tertiary/aromatic N) is 1. The molecule has 1 heterocycles. The second kappa shape index (κ2) is 9.82. The van der Waals surface area contributed by atoms with Crippen molar-refractivity contribution in [2.75, 3.05) is 26.3 Å². The molecule has 2 aromatic carbocycles. The maximum absolute atomic E-state index is 13.8. The van der Waals surface area contributed by atoms with E-state index < -0.39 is 17.7 Å². The monoisotopic (exact) mass is 435 g/mol. The van der Waals surface area contributed by atoms with Gasteiger partial charge in [0.2, 0.25) is 5.91 Å². The quantitative estimate of drug-likeness (QED) is 0.505. The number of amides is 1. The van der Waals surface area contributed by atoms with Gasteiger partial charge in [-0.25, -0.2) is 8.78 Å². The van der Waals surface area contributed by atoms with Gasteiger partial charge in [-0.05, 0) is 43.3 Å². The van der Waals surface area contributed by atoms with Crippen molar-refractivity contribution in [2.45, 2.75) is 13.0 Å². The third-order valence-electron chi connectivity index (χ3n) is 4.59. The Morgan fingerprint density at radius 2 is 2.10 bits per heavy atom. The lowest BCUT2D eigenvalue weighted by Crippen LogP contribution is -2.47. The van der Waals surface area contributed by atoms with Gasteiger partial charge in [-0.1, -0.05) is 17.7 Å². The zero-order valence-electron chi connectivity index (χ0n) is 16.2. The molecule has 1 unspecified atom stereocenters. The summed E-state index contributed by atoms with van der Waals surface area (Å²) in [6.07, 6.45) is 2.18. The van der Waals surface area contributed by atoms with E-state index in [0.29, 0.717) is 13.2 Å². The molecule has 0 radical (unpaired) electrons. The molecule has 1 saturated heterocycles. The van der Waals surface area contributed by atoms with Crippen molar-refractivity contribution in [3.8, 4) is 5.75 Å². The van der Waals surface area contributed by atoms with E-state index in [0.717, 1.165) is 6.07 Å². The van der Waals surface area contributed by atoms with Crippen molar-refractivity contribution in [3.05, 3.63) is 70.3 Å². The van der Waals surface area contributed by atoms with Crippen molar-refractivity contribution in [3.63, 3.8) is 0 Å². The molecule has 1 fully saturated rings. The van der Waals surface area contributed by atoms with Crippen molar-refractivity contribution in [2.24, 2.45) is 0 Å². The van der Waals surface area contributed by atoms with Crippen LogP contribution in [0.4, 0.5) is 8.78 Å². The van der Waals surface area contributed by atoms with E-state index in [9.17, 15) is 18.4 Å². The first-order valence-corrected chi connectivity index (χ1v) is 9.69. The molecule has 1 amide bonds. The Morgan fingerprint density at radius 3 is 2.83 bits per heavy atom. The van der Waals surface area contributed by atoms with Crippen molar-refractivity contribution in [1.82, 2.24) is 4.90 Å². The van der Waals surface area contributed by atoms with Crippen LogP contribution in [0, 0.1) is 11.6 Å². The van der Waals surface area contributed by atoms with Gasteiger partial charge in [-0.2, -0.15) is 0 Å². The summed E-state index contributed by atoms with van der Waals surface area (Å²) in [5.41, 5.74) is 0.289. The first-order chi connectivity index (χ1) is 14.3. The Morgan fingerprint density at radius 1 is 1.30 bits per heavy atom. The molecule has 0 spiro atoms. The summed E-state index contributed by atoms with van der Waals surface area (Å²) in [7, 11) is 0. The first-order valence-electron chi connectivity index (χ1n) is 9.31. The van der Waals surface area contributed by atoms with Gasteiger partial charge < -0.3 is 14.4 Å². The number of carbonyl (C=O) groups is 2. The molecule has 2 aromatic rings. The van der Waals surface area contributed by atoms with Gasteiger partial charge in [0.15, 0.2) is 5.78 Å². The fourth-order valence-electron chi connectivity index (χ4n) is 3.04. The van der Waals surface area contributed by atoms with Crippen LogP contribution in [0.1, 0.15) is 22.8 Å². The SMILES string of the molecule is CC(=O)c1cc(F)ccc1OCC1CN(C(=O)C=Cc2c(F)cccc2Cl)CCO1. The molecule has 158 valence electrons. The van der Waals surface area contributed by atoms with Crippen molar-refractivity contribution in [1.29, 1.82) is 0 Å². The molecular weight excluding hydrogens is 416 g/mol. The summed E-state index contributed by atoms with van der Waals surface area (Å²) >= 11 is 5.97. The molecule has 30 heavy (non-hydrogen) atoms. The van der Waals surface area contributed by atoms with Crippen LogP contribution in [0.15, 0.2) is 42.5 Å². The number of carbonyl (C=O) groups excluding carboxylic acids is 2. The highest BCUT2D eigenvalue weighted by atomic mass is 35.5. The van der Waals surface area contributed by atoms with E-state index in [1.807, 2.05) is 0 Å².